The number of carbonyl (C=O) groups excluding carboxylic acids is 2. The molecular weight excluding hydrogens is 350 g/mol. The molecule has 2 amide bonds. The van der Waals surface area contributed by atoms with Gasteiger partial charge in [-0.15, -0.1) is 11.3 Å². The van der Waals surface area contributed by atoms with Crippen molar-refractivity contribution in [2.24, 2.45) is 0 Å². The second kappa shape index (κ2) is 8.39. The average molecular weight is 369 g/mol. The number of hydrogen-bond donors (Lipinski definition) is 2. The summed E-state index contributed by atoms with van der Waals surface area (Å²) in [4.78, 5) is 32.9. The number of imidazole rings is 1. The minimum atomic E-state index is -0.151. The second-order valence-corrected chi connectivity index (χ2v) is 6.58. The fourth-order valence-corrected chi connectivity index (χ4v) is 3.00. The molecule has 0 aliphatic carbocycles. The van der Waals surface area contributed by atoms with E-state index in [1.165, 1.54) is 11.3 Å². The molecule has 3 heterocycles. The second-order valence-electron chi connectivity index (χ2n) is 5.63. The number of amides is 2. The molecule has 26 heavy (non-hydrogen) atoms. The van der Waals surface area contributed by atoms with E-state index in [4.69, 9.17) is 0 Å². The molecule has 7 nitrogen and oxygen atoms in total. The molecule has 0 atom stereocenters. The Morgan fingerprint density at radius 1 is 1.19 bits per heavy atom. The van der Waals surface area contributed by atoms with Crippen LogP contribution in [0.3, 0.4) is 0 Å². The molecule has 0 aliphatic heterocycles. The Morgan fingerprint density at radius 2 is 2.08 bits per heavy atom. The van der Waals surface area contributed by atoms with Gasteiger partial charge in [-0.2, -0.15) is 0 Å². The molecule has 3 rings (SSSR count). The molecule has 3 aromatic heterocycles. The van der Waals surface area contributed by atoms with E-state index in [2.05, 4.69) is 20.6 Å². The predicted octanol–water partition coefficient (Wildman–Crippen LogP) is 2.07. The zero-order valence-corrected chi connectivity index (χ0v) is 15.1. The van der Waals surface area contributed by atoms with Crippen LogP contribution in [0.25, 0.3) is 5.82 Å². The van der Waals surface area contributed by atoms with Crippen LogP contribution >= 0.6 is 11.3 Å². The van der Waals surface area contributed by atoms with Gasteiger partial charge in [0.25, 0.3) is 5.91 Å². The smallest absolute Gasteiger partial charge is 0.261 e. The van der Waals surface area contributed by atoms with Gasteiger partial charge < -0.3 is 10.6 Å². The normalized spacial score (nSPS) is 10.5. The minimum Gasteiger partial charge on any atom is -0.352 e. The van der Waals surface area contributed by atoms with Gasteiger partial charge >= 0.3 is 0 Å². The van der Waals surface area contributed by atoms with Crippen molar-refractivity contribution in [3.05, 3.63) is 64.5 Å². The first-order valence-electron chi connectivity index (χ1n) is 8.17. The van der Waals surface area contributed by atoms with E-state index in [1.54, 1.807) is 18.5 Å². The van der Waals surface area contributed by atoms with Crippen LogP contribution in [-0.2, 0) is 11.3 Å². The molecule has 0 spiro atoms. The lowest BCUT2D eigenvalue weighted by atomic mass is 10.2. The zero-order chi connectivity index (χ0) is 18.4. The van der Waals surface area contributed by atoms with Crippen molar-refractivity contribution >= 4 is 23.2 Å². The number of aromatic nitrogens is 3. The van der Waals surface area contributed by atoms with Crippen molar-refractivity contribution in [3.63, 3.8) is 0 Å². The number of pyridine rings is 1. The highest BCUT2D eigenvalue weighted by Crippen LogP contribution is 2.09. The van der Waals surface area contributed by atoms with Crippen molar-refractivity contribution < 1.29 is 9.59 Å². The topological polar surface area (TPSA) is 88.9 Å². The molecule has 0 saturated heterocycles. The first kappa shape index (κ1) is 17.8. The standard InChI is InChI=1S/C18H19N5O2S/c1-13-19-8-9-23(13)16-5-4-14(11-21-16)12-22-17(24)6-7-20-18(25)15-3-2-10-26-15/h2-5,8-11H,6-7,12H2,1H3,(H,20,25)(H,22,24). The summed E-state index contributed by atoms with van der Waals surface area (Å²) in [5.74, 6) is 1.38. The Balaban J connectivity index is 1.41. The Morgan fingerprint density at radius 3 is 2.73 bits per heavy atom. The Bertz CT molecular complexity index is 871. The third kappa shape index (κ3) is 4.54. The van der Waals surface area contributed by atoms with Crippen molar-refractivity contribution in [3.8, 4) is 5.82 Å². The molecule has 0 radical (unpaired) electrons. The zero-order valence-electron chi connectivity index (χ0n) is 14.3. The summed E-state index contributed by atoms with van der Waals surface area (Å²) >= 11 is 1.37. The van der Waals surface area contributed by atoms with Crippen molar-refractivity contribution in [2.75, 3.05) is 6.54 Å². The number of aryl methyl sites for hydroxylation is 1. The fraction of sp³-hybridized carbons (Fsp3) is 0.222. The Kier molecular flexibility index (Phi) is 5.75. The van der Waals surface area contributed by atoms with Crippen molar-refractivity contribution in [1.82, 2.24) is 25.2 Å². The van der Waals surface area contributed by atoms with E-state index in [0.717, 1.165) is 17.2 Å². The van der Waals surface area contributed by atoms with E-state index in [0.29, 0.717) is 18.0 Å². The summed E-state index contributed by atoms with van der Waals surface area (Å²) in [6.07, 6.45) is 5.54. The third-order valence-corrected chi connectivity index (χ3v) is 4.62. The van der Waals surface area contributed by atoms with Crippen LogP contribution in [0.4, 0.5) is 0 Å². The number of carbonyl (C=O) groups is 2. The predicted molar refractivity (Wildman–Crippen MR) is 99.2 cm³/mol. The van der Waals surface area contributed by atoms with E-state index in [9.17, 15) is 9.59 Å². The van der Waals surface area contributed by atoms with Crippen molar-refractivity contribution in [2.45, 2.75) is 19.9 Å². The lowest BCUT2D eigenvalue weighted by Gasteiger charge is -2.08. The third-order valence-electron chi connectivity index (χ3n) is 3.75. The summed E-state index contributed by atoms with van der Waals surface area (Å²) in [6.45, 7) is 2.61. The molecule has 0 aromatic carbocycles. The first-order valence-corrected chi connectivity index (χ1v) is 9.05. The van der Waals surface area contributed by atoms with Gasteiger partial charge in [0.15, 0.2) is 0 Å². The van der Waals surface area contributed by atoms with E-state index in [-0.39, 0.29) is 18.2 Å². The molecule has 0 aliphatic rings. The van der Waals surface area contributed by atoms with E-state index < -0.39 is 0 Å². The van der Waals surface area contributed by atoms with Crippen LogP contribution in [0.2, 0.25) is 0 Å². The largest absolute Gasteiger partial charge is 0.352 e. The summed E-state index contributed by atoms with van der Waals surface area (Å²) in [7, 11) is 0. The molecule has 0 saturated carbocycles. The van der Waals surface area contributed by atoms with Crippen LogP contribution in [0.1, 0.15) is 27.5 Å². The van der Waals surface area contributed by atoms with Gasteiger partial charge in [0.05, 0.1) is 4.88 Å². The van der Waals surface area contributed by atoms with Crippen molar-refractivity contribution in [1.29, 1.82) is 0 Å². The molecular formula is C18H19N5O2S. The summed E-state index contributed by atoms with van der Waals surface area (Å²) in [6, 6.07) is 7.37. The van der Waals surface area contributed by atoms with Gasteiger partial charge in [0, 0.05) is 38.1 Å². The summed E-state index contributed by atoms with van der Waals surface area (Å²) in [5, 5.41) is 7.40. The molecule has 0 bridgehead atoms. The summed E-state index contributed by atoms with van der Waals surface area (Å²) < 4.78 is 1.89. The molecule has 3 aromatic rings. The Labute approximate surface area is 155 Å². The van der Waals surface area contributed by atoms with E-state index in [1.807, 2.05) is 41.3 Å². The number of hydrogen-bond acceptors (Lipinski definition) is 5. The van der Waals surface area contributed by atoms with Gasteiger partial charge in [-0.25, -0.2) is 9.97 Å². The lowest BCUT2D eigenvalue weighted by molar-refractivity contribution is -0.121. The fourth-order valence-electron chi connectivity index (χ4n) is 2.36. The Hall–Kier alpha value is -3.00. The van der Waals surface area contributed by atoms with Crippen LogP contribution in [-0.4, -0.2) is 32.9 Å². The monoisotopic (exact) mass is 369 g/mol. The molecule has 8 heteroatoms. The van der Waals surface area contributed by atoms with Gasteiger partial charge in [0.1, 0.15) is 11.6 Å². The SMILES string of the molecule is Cc1nccn1-c1ccc(CNC(=O)CCNC(=O)c2cccs2)cn1. The van der Waals surface area contributed by atoms with Gasteiger partial charge in [-0.3, -0.25) is 14.2 Å². The van der Waals surface area contributed by atoms with Crippen LogP contribution in [0, 0.1) is 6.92 Å². The highest BCUT2D eigenvalue weighted by molar-refractivity contribution is 7.12. The van der Waals surface area contributed by atoms with E-state index >= 15 is 0 Å². The summed E-state index contributed by atoms with van der Waals surface area (Å²) in [5.41, 5.74) is 0.905. The van der Waals surface area contributed by atoms with Crippen LogP contribution in [0.5, 0.6) is 0 Å². The van der Waals surface area contributed by atoms with Gasteiger partial charge in [-0.1, -0.05) is 12.1 Å². The maximum atomic E-state index is 11.9. The van der Waals surface area contributed by atoms with Crippen LogP contribution in [0.15, 0.2) is 48.2 Å². The van der Waals surface area contributed by atoms with Gasteiger partial charge in [0.2, 0.25) is 5.91 Å². The van der Waals surface area contributed by atoms with Gasteiger partial charge in [-0.05, 0) is 30.0 Å². The first-order chi connectivity index (χ1) is 12.6. The maximum Gasteiger partial charge on any atom is 0.261 e. The number of nitrogens with zero attached hydrogens (tertiary/aromatic N) is 3. The molecule has 0 unspecified atom stereocenters. The highest BCUT2D eigenvalue weighted by Gasteiger charge is 2.07. The maximum absolute atomic E-state index is 11.9. The molecule has 0 fully saturated rings. The average Bonchev–Trinajstić information content (AvgIpc) is 3.32. The molecule has 134 valence electrons. The highest BCUT2D eigenvalue weighted by atomic mass is 32.1. The quantitative estimate of drug-likeness (QED) is 0.667. The van der Waals surface area contributed by atoms with Crippen LogP contribution < -0.4 is 10.6 Å². The number of nitrogens with one attached hydrogen (secondary N) is 2. The lowest BCUT2D eigenvalue weighted by Crippen LogP contribution is -2.30. The molecule has 2 N–H and O–H groups in total. The minimum absolute atomic E-state index is 0.119. The number of thiophene rings is 1. The number of rotatable bonds is 7.